The third-order valence-electron chi connectivity index (χ3n) is 13.7. The first-order chi connectivity index (χ1) is 37.6. The average Bonchev–Trinajstić information content (AvgIpc) is 4.07. The number of piperazine rings is 1. The van der Waals surface area contributed by atoms with Crippen molar-refractivity contribution in [2.45, 2.75) is 85.2 Å². The molecule has 5 N–H and O–H groups in total. The highest BCUT2D eigenvalue weighted by atomic mass is 32.1. The van der Waals surface area contributed by atoms with Crippen molar-refractivity contribution in [3.63, 3.8) is 0 Å². The van der Waals surface area contributed by atoms with Gasteiger partial charge in [0.2, 0.25) is 29.6 Å². The van der Waals surface area contributed by atoms with E-state index in [4.69, 9.17) is 9.47 Å². The lowest BCUT2D eigenvalue weighted by atomic mass is 9.85. The van der Waals surface area contributed by atoms with E-state index in [0.29, 0.717) is 49.9 Å². The summed E-state index contributed by atoms with van der Waals surface area (Å²) in [4.78, 5) is 91.0. The number of aliphatic hydroxyl groups excluding tert-OH is 1. The number of anilines is 3. The molecule has 5 heterocycles. The number of amides is 5. The van der Waals surface area contributed by atoms with Crippen molar-refractivity contribution in [1.29, 1.82) is 0 Å². The van der Waals surface area contributed by atoms with E-state index in [1.165, 1.54) is 4.90 Å². The van der Waals surface area contributed by atoms with Gasteiger partial charge in [-0.3, -0.25) is 33.9 Å². The Balaban J connectivity index is 0.686. The number of carbonyl (C=O) groups excluding carboxylic acids is 5. The van der Waals surface area contributed by atoms with Crippen LogP contribution in [0.1, 0.15) is 72.8 Å². The summed E-state index contributed by atoms with van der Waals surface area (Å²) in [7, 11) is 0. The number of rotatable bonds is 22. The van der Waals surface area contributed by atoms with Crippen molar-refractivity contribution in [3.8, 4) is 21.7 Å². The van der Waals surface area contributed by atoms with Crippen molar-refractivity contribution < 1.29 is 38.6 Å². The van der Waals surface area contributed by atoms with Crippen LogP contribution < -0.4 is 21.3 Å². The Bertz CT molecular complexity index is 3000. The fourth-order valence-corrected chi connectivity index (χ4v) is 10.1. The molecule has 3 atom stereocenters. The summed E-state index contributed by atoms with van der Waals surface area (Å²) in [6.45, 7) is 13.8. The number of carbonyl (C=O) groups is 5. The SMILES string of the molecule is Cc1ccc(NC(=O)c2ccc(CN3CCN(C(=O)CCOCCOCCC(=O)NC(C(=O)N4C[C@H](O)C[C@H]4C(=O)NCc4ccc(-c5scnc5C)cc4)C(C)(C)C)CC3)cc2)cc1Nc1nccc(-c2cccnc2)n1. The molecule has 20 heteroatoms. The number of nitrogens with zero attached hydrogens (tertiary/aromatic N) is 7. The Labute approximate surface area is 459 Å². The quantitative estimate of drug-likeness (QED) is 0.0455. The number of likely N-dealkylation sites (tertiary alicyclic amines) is 1. The molecule has 0 aliphatic carbocycles. The second-order valence-corrected chi connectivity index (χ2v) is 21.5. The Hall–Kier alpha value is -7.49. The number of pyridine rings is 1. The molecule has 410 valence electrons. The first-order valence-electron chi connectivity index (χ1n) is 26.3. The molecule has 3 aromatic heterocycles. The minimum absolute atomic E-state index is 0.00237. The number of hydrogen-bond donors (Lipinski definition) is 5. The second-order valence-electron chi connectivity index (χ2n) is 20.6. The van der Waals surface area contributed by atoms with E-state index in [2.05, 4.69) is 46.1 Å². The number of aliphatic hydroxyl groups is 1. The molecular formula is C58H69N11O8S. The highest BCUT2D eigenvalue weighted by Gasteiger charge is 2.44. The van der Waals surface area contributed by atoms with Gasteiger partial charge in [0.15, 0.2) is 0 Å². The third-order valence-corrected chi connectivity index (χ3v) is 14.7. The molecule has 2 aliphatic rings. The number of thiazole rings is 1. The van der Waals surface area contributed by atoms with Crippen LogP contribution in [-0.4, -0.2) is 147 Å². The number of aromatic nitrogens is 4. The molecule has 78 heavy (non-hydrogen) atoms. The normalized spacial score (nSPS) is 16.1. The van der Waals surface area contributed by atoms with Crippen molar-refractivity contribution >= 4 is 58.2 Å². The van der Waals surface area contributed by atoms with Gasteiger partial charge in [-0.05, 0) is 84.0 Å². The van der Waals surface area contributed by atoms with Crippen LogP contribution in [0.2, 0.25) is 0 Å². The number of hydrogen-bond acceptors (Lipinski definition) is 15. The standard InChI is InChI=1S/C58H69N11O8S/c1-38-8-17-45(31-48(38)65-57-60-22-18-47(64-57)44-7-6-21-59-34-44)63-54(73)43-15-11-41(12-16-43)35-67-23-25-68(26-24-67)51(72)20-28-77-30-29-76-27-19-50(71)66-53(58(3,4)5)56(75)69-36-46(70)32-49(69)55(74)61-33-40-9-13-42(14-10-40)52-39(2)62-37-78-52/h6-18,21-22,31,34,37,46,49,53,70H,19-20,23-30,32-33,35-36H2,1-5H3,(H,61,74)(H,63,73)(H,66,71)(H,60,64,65)/t46-,49+,53?/m1/s1. The molecule has 3 aromatic carbocycles. The zero-order valence-corrected chi connectivity index (χ0v) is 45.7. The largest absolute Gasteiger partial charge is 0.391 e. The zero-order chi connectivity index (χ0) is 55.2. The Kier molecular flexibility index (Phi) is 19.4. The zero-order valence-electron chi connectivity index (χ0n) is 44.9. The predicted molar refractivity (Wildman–Crippen MR) is 298 cm³/mol. The van der Waals surface area contributed by atoms with Crippen molar-refractivity contribution in [2.75, 3.05) is 69.8 Å². The second kappa shape index (κ2) is 26.7. The van der Waals surface area contributed by atoms with Crippen LogP contribution in [0.25, 0.3) is 21.7 Å². The van der Waals surface area contributed by atoms with Crippen LogP contribution in [0.5, 0.6) is 0 Å². The van der Waals surface area contributed by atoms with Crippen molar-refractivity contribution in [1.82, 2.24) is 45.3 Å². The third kappa shape index (κ3) is 15.6. The molecule has 0 saturated carbocycles. The molecule has 0 bridgehead atoms. The molecule has 2 aliphatic heterocycles. The number of aryl methyl sites for hydroxylation is 2. The summed E-state index contributed by atoms with van der Waals surface area (Å²) < 4.78 is 11.3. The number of nitrogens with one attached hydrogen (secondary N) is 4. The van der Waals surface area contributed by atoms with Crippen LogP contribution in [0, 0.1) is 19.3 Å². The van der Waals surface area contributed by atoms with Crippen molar-refractivity contribution in [2.24, 2.45) is 5.41 Å². The lowest BCUT2D eigenvalue weighted by Crippen LogP contribution is -2.57. The minimum Gasteiger partial charge on any atom is -0.391 e. The van der Waals surface area contributed by atoms with Gasteiger partial charge in [0.1, 0.15) is 12.1 Å². The fraction of sp³-hybridized carbons (Fsp3) is 0.397. The van der Waals surface area contributed by atoms with E-state index in [1.807, 2.05) is 130 Å². The van der Waals surface area contributed by atoms with Crippen LogP contribution in [0.15, 0.2) is 109 Å². The maximum absolute atomic E-state index is 14.0. The van der Waals surface area contributed by atoms with Crippen LogP contribution >= 0.6 is 11.3 Å². The molecular weight excluding hydrogens is 1010 g/mol. The molecule has 2 saturated heterocycles. The maximum atomic E-state index is 14.0. The van der Waals surface area contributed by atoms with Crippen molar-refractivity contribution in [3.05, 3.63) is 137 Å². The average molecular weight is 1080 g/mol. The monoisotopic (exact) mass is 1080 g/mol. The predicted octanol–water partition coefficient (Wildman–Crippen LogP) is 6.54. The molecule has 5 amide bonds. The highest BCUT2D eigenvalue weighted by molar-refractivity contribution is 7.13. The summed E-state index contributed by atoms with van der Waals surface area (Å²) in [6, 6.07) is 24.8. The number of β-amino-alcohol motifs (C(OH)–C–C–N with tert-alkyl or cyclic N) is 1. The van der Waals surface area contributed by atoms with E-state index < -0.39 is 29.5 Å². The molecule has 1 unspecified atom stereocenters. The van der Waals surface area contributed by atoms with Gasteiger partial charge in [0.05, 0.1) is 60.7 Å². The Morgan fingerprint density at radius 3 is 2.24 bits per heavy atom. The first kappa shape index (κ1) is 56.7. The number of ether oxygens (including phenoxy) is 2. The highest BCUT2D eigenvalue weighted by Crippen LogP contribution is 2.29. The van der Waals surface area contributed by atoms with Gasteiger partial charge >= 0.3 is 0 Å². The molecule has 0 radical (unpaired) electrons. The molecule has 19 nitrogen and oxygen atoms in total. The van der Waals surface area contributed by atoms with Crippen LogP contribution in [0.4, 0.5) is 17.3 Å². The molecule has 6 aromatic rings. The lowest BCUT2D eigenvalue weighted by Gasteiger charge is -2.35. The smallest absolute Gasteiger partial charge is 0.255 e. The van der Waals surface area contributed by atoms with E-state index in [1.54, 1.807) is 29.9 Å². The van der Waals surface area contributed by atoms with E-state index in [-0.39, 0.29) is 82.4 Å². The summed E-state index contributed by atoms with van der Waals surface area (Å²) in [5.74, 6) is -0.973. The Morgan fingerprint density at radius 2 is 1.55 bits per heavy atom. The topological polar surface area (TPSA) is 233 Å². The summed E-state index contributed by atoms with van der Waals surface area (Å²) in [5, 5.41) is 22.7. The van der Waals surface area contributed by atoms with Gasteiger partial charge in [-0.15, -0.1) is 11.3 Å². The van der Waals surface area contributed by atoms with Gasteiger partial charge in [-0.1, -0.05) is 63.2 Å². The number of benzene rings is 3. The molecule has 0 spiro atoms. The summed E-state index contributed by atoms with van der Waals surface area (Å²) in [5.41, 5.74) is 9.59. The fourth-order valence-electron chi connectivity index (χ4n) is 9.25. The van der Waals surface area contributed by atoms with Gasteiger partial charge in [-0.2, -0.15) is 0 Å². The van der Waals surface area contributed by atoms with Crippen LogP contribution in [0.3, 0.4) is 0 Å². The Morgan fingerprint density at radius 1 is 0.821 bits per heavy atom. The summed E-state index contributed by atoms with van der Waals surface area (Å²) >= 11 is 1.57. The minimum atomic E-state index is -0.951. The summed E-state index contributed by atoms with van der Waals surface area (Å²) in [6.07, 6.45) is 4.60. The van der Waals surface area contributed by atoms with Gasteiger partial charge in [0.25, 0.3) is 5.91 Å². The van der Waals surface area contributed by atoms with Gasteiger partial charge in [0, 0.05) is 99.7 Å². The molecule has 2 fully saturated rings. The molecule has 8 rings (SSSR count). The van der Waals surface area contributed by atoms with E-state index in [0.717, 1.165) is 49.8 Å². The van der Waals surface area contributed by atoms with Crippen LogP contribution in [-0.2, 0) is 41.7 Å². The lowest BCUT2D eigenvalue weighted by molar-refractivity contribution is -0.144. The first-order valence-corrected chi connectivity index (χ1v) is 27.2. The maximum Gasteiger partial charge on any atom is 0.255 e. The van der Waals surface area contributed by atoms with Gasteiger partial charge in [-0.25, -0.2) is 15.0 Å². The van der Waals surface area contributed by atoms with E-state index >= 15 is 0 Å². The van der Waals surface area contributed by atoms with E-state index in [9.17, 15) is 29.1 Å². The van der Waals surface area contributed by atoms with Gasteiger partial charge < -0.3 is 45.6 Å².